The van der Waals surface area contributed by atoms with Gasteiger partial charge in [-0.15, -0.1) is 0 Å². The molecule has 1 aliphatic rings. The molecule has 0 saturated heterocycles. The van der Waals surface area contributed by atoms with Crippen molar-refractivity contribution in [1.82, 2.24) is 4.41 Å². The van der Waals surface area contributed by atoms with Gasteiger partial charge in [-0.1, -0.05) is 73.8 Å². The Morgan fingerprint density at radius 3 is 2.28 bits per heavy atom. The Balaban J connectivity index is 1.80. The van der Waals surface area contributed by atoms with E-state index in [1.807, 2.05) is 55.5 Å². The number of hydrogen-bond acceptors (Lipinski definition) is 3. The van der Waals surface area contributed by atoms with Crippen LogP contribution in [0.25, 0.3) is 0 Å². The molecular formula is C22H18Br2N2O2S. The summed E-state index contributed by atoms with van der Waals surface area (Å²) >= 11 is 6.93. The van der Waals surface area contributed by atoms with Gasteiger partial charge in [0.25, 0.3) is 10.0 Å². The third kappa shape index (κ3) is 4.17. The van der Waals surface area contributed by atoms with Crippen molar-refractivity contribution < 1.29 is 8.42 Å². The van der Waals surface area contributed by atoms with E-state index in [0.29, 0.717) is 6.42 Å². The predicted molar refractivity (Wildman–Crippen MR) is 122 cm³/mol. The fourth-order valence-electron chi connectivity index (χ4n) is 3.30. The van der Waals surface area contributed by atoms with Crippen molar-refractivity contribution in [3.63, 3.8) is 0 Å². The van der Waals surface area contributed by atoms with Gasteiger partial charge in [-0.25, -0.2) is 0 Å². The van der Waals surface area contributed by atoms with Crippen LogP contribution in [0.5, 0.6) is 0 Å². The summed E-state index contributed by atoms with van der Waals surface area (Å²) in [5, 5.41) is 4.58. The maximum absolute atomic E-state index is 13.4. The fourth-order valence-corrected chi connectivity index (χ4v) is 5.40. The van der Waals surface area contributed by atoms with Gasteiger partial charge in [0.1, 0.15) is 0 Å². The molecule has 29 heavy (non-hydrogen) atoms. The average Bonchev–Trinajstić information content (AvgIpc) is 3.15. The number of benzene rings is 3. The van der Waals surface area contributed by atoms with Crippen LogP contribution in [0.4, 0.5) is 0 Å². The summed E-state index contributed by atoms with van der Waals surface area (Å²) in [5.41, 5.74) is 3.56. The SMILES string of the molecule is Cc1ccc(S(=O)(=O)N2N=C(c3cccc(Br)c3)C[C@@H]2c2ccc(Br)cc2)cc1. The van der Waals surface area contributed by atoms with Crippen molar-refractivity contribution in [3.05, 3.63) is 98.4 Å². The van der Waals surface area contributed by atoms with Crippen molar-refractivity contribution in [2.75, 3.05) is 0 Å². The number of nitrogens with zero attached hydrogens (tertiary/aromatic N) is 2. The Labute approximate surface area is 187 Å². The minimum Gasteiger partial charge on any atom is -0.200 e. The highest BCUT2D eigenvalue weighted by Gasteiger charge is 2.37. The van der Waals surface area contributed by atoms with Gasteiger partial charge in [-0.05, 0) is 54.4 Å². The zero-order valence-corrected chi connectivity index (χ0v) is 19.6. The van der Waals surface area contributed by atoms with Crippen LogP contribution in [0.1, 0.15) is 29.2 Å². The molecule has 0 bridgehead atoms. The van der Waals surface area contributed by atoms with Gasteiger partial charge in [0.15, 0.2) is 0 Å². The Kier molecular flexibility index (Phi) is 5.64. The normalized spacial score (nSPS) is 16.7. The van der Waals surface area contributed by atoms with E-state index in [4.69, 9.17) is 0 Å². The van der Waals surface area contributed by atoms with Crippen LogP contribution >= 0.6 is 31.9 Å². The summed E-state index contributed by atoms with van der Waals surface area (Å²) < 4.78 is 30.0. The Morgan fingerprint density at radius 2 is 1.62 bits per heavy atom. The number of hydrazone groups is 1. The third-order valence-electron chi connectivity index (χ3n) is 4.85. The Hall–Kier alpha value is -1.96. The van der Waals surface area contributed by atoms with E-state index in [0.717, 1.165) is 31.3 Å². The number of hydrogen-bond donors (Lipinski definition) is 0. The molecule has 1 aliphatic heterocycles. The first-order valence-corrected chi connectivity index (χ1v) is 12.1. The lowest BCUT2D eigenvalue weighted by molar-refractivity contribution is 0.371. The Bertz CT molecular complexity index is 1170. The summed E-state index contributed by atoms with van der Waals surface area (Å²) in [6.07, 6.45) is 0.503. The minimum absolute atomic E-state index is 0.240. The zero-order valence-electron chi connectivity index (χ0n) is 15.6. The average molecular weight is 534 g/mol. The zero-order chi connectivity index (χ0) is 20.6. The van der Waals surface area contributed by atoms with Gasteiger partial charge < -0.3 is 0 Å². The van der Waals surface area contributed by atoms with Gasteiger partial charge in [0.05, 0.1) is 16.6 Å². The standard InChI is InChI=1S/C22H18Br2N2O2S/c1-15-5-11-20(12-6-15)29(27,28)26-22(16-7-9-18(23)10-8-16)14-21(25-26)17-3-2-4-19(24)13-17/h2-13,22H,14H2,1H3/t22-/m1/s1. The molecule has 0 aliphatic carbocycles. The van der Waals surface area contributed by atoms with Crippen LogP contribution in [-0.2, 0) is 10.0 Å². The highest BCUT2D eigenvalue weighted by atomic mass is 79.9. The molecule has 0 saturated carbocycles. The predicted octanol–water partition coefficient (Wildman–Crippen LogP) is 6.06. The second kappa shape index (κ2) is 8.05. The van der Waals surface area contributed by atoms with E-state index >= 15 is 0 Å². The van der Waals surface area contributed by atoms with Crippen LogP contribution in [0.2, 0.25) is 0 Å². The topological polar surface area (TPSA) is 49.7 Å². The molecule has 0 aromatic heterocycles. The van der Waals surface area contributed by atoms with Crippen LogP contribution in [0, 0.1) is 6.92 Å². The van der Waals surface area contributed by atoms with Gasteiger partial charge in [0, 0.05) is 15.4 Å². The first kappa shape index (κ1) is 20.3. The number of halogens is 2. The molecule has 1 heterocycles. The highest BCUT2D eigenvalue weighted by Crippen LogP contribution is 2.37. The largest absolute Gasteiger partial charge is 0.279 e. The van der Waals surface area contributed by atoms with E-state index in [1.165, 1.54) is 4.41 Å². The monoisotopic (exact) mass is 532 g/mol. The minimum atomic E-state index is -3.79. The van der Waals surface area contributed by atoms with Gasteiger partial charge in [-0.2, -0.15) is 17.9 Å². The number of rotatable bonds is 4. The highest BCUT2D eigenvalue weighted by molar-refractivity contribution is 9.10. The van der Waals surface area contributed by atoms with E-state index in [1.54, 1.807) is 24.3 Å². The lowest BCUT2D eigenvalue weighted by Gasteiger charge is -2.23. The van der Waals surface area contributed by atoms with Crippen molar-refractivity contribution in [1.29, 1.82) is 0 Å². The lowest BCUT2D eigenvalue weighted by Crippen LogP contribution is -2.27. The van der Waals surface area contributed by atoms with Crippen LogP contribution < -0.4 is 0 Å². The third-order valence-corrected chi connectivity index (χ3v) is 7.57. The van der Waals surface area contributed by atoms with Crippen LogP contribution in [0.3, 0.4) is 0 Å². The summed E-state index contributed by atoms with van der Waals surface area (Å²) in [7, 11) is -3.79. The van der Waals surface area contributed by atoms with E-state index < -0.39 is 16.1 Å². The molecule has 1 atom stereocenters. The molecule has 0 radical (unpaired) electrons. The van der Waals surface area contributed by atoms with Gasteiger partial charge in [0.2, 0.25) is 0 Å². The molecule has 3 aromatic rings. The molecule has 148 valence electrons. The summed E-state index contributed by atoms with van der Waals surface area (Å²) in [4.78, 5) is 0.240. The number of aryl methyl sites for hydroxylation is 1. The molecule has 3 aromatic carbocycles. The van der Waals surface area contributed by atoms with E-state index in [9.17, 15) is 8.42 Å². The molecule has 0 fully saturated rings. The smallest absolute Gasteiger partial charge is 0.200 e. The quantitative estimate of drug-likeness (QED) is 0.409. The molecule has 0 spiro atoms. The molecule has 4 nitrogen and oxygen atoms in total. The van der Waals surface area contributed by atoms with E-state index in [2.05, 4.69) is 37.0 Å². The van der Waals surface area contributed by atoms with Crippen molar-refractivity contribution in [3.8, 4) is 0 Å². The molecule has 0 amide bonds. The molecule has 0 N–H and O–H groups in total. The first-order chi connectivity index (χ1) is 13.8. The summed E-state index contributed by atoms with van der Waals surface area (Å²) in [6.45, 7) is 1.93. The molecule has 7 heteroatoms. The molecule has 4 rings (SSSR count). The number of sulfonamides is 1. The van der Waals surface area contributed by atoms with Crippen molar-refractivity contribution in [2.45, 2.75) is 24.3 Å². The Morgan fingerprint density at radius 1 is 0.931 bits per heavy atom. The summed E-state index contributed by atoms with van der Waals surface area (Å²) in [6, 6.07) is 22.0. The van der Waals surface area contributed by atoms with Crippen molar-refractivity contribution >= 4 is 47.6 Å². The molecule has 0 unspecified atom stereocenters. The van der Waals surface area contributed by atoms with Crippen molar-refractivity contribution in [2.24, 2.45) is 5.10 Å². The van der Waals surface area contributed by atoms with E-state index in [-0.39, 0.29) is 4.90 Å². The maximum Gasteiger partial charge on any atom is 0.279 e. The lowest BCUT2D eigenvalue weighted by atomic mass is 9.99. The fraction of sp³-hybridized carbons (Fsp3) is 0.136. The summed E-state index contributed by atoms with van der Waals surface area (Å²) in [5.74, 6) is 0. The maximum atomic E-state index is 13.4. The second-order valence-corrected chi connectivity index (χ2v) is 10.5. The molecular weight excluding hydrogens is 516 g/mol. The van der Waals surface area contributed by atoms with Crippen LogP contribution in [-0.4, -0.2) is 18.5 Å². The second-order valence-electron chi connectivity index (χ2n) is 6.92. The van der Waals surface area contributed by atoms with Gasteiger partial charge >= 0.3 is 0 Å². The van der Waals surface area contributed by atoms with Gasteiger partial charge in [-0.3, -0.25) is 0 Å². The van der Waals surface area contributed by atoms with Crippen LogP contribution in [0.15, 0.2) is 91.7 Å². The first-order valence-electron chi connectivity index (χ1n) is 9.04.